The van der Waals surface area contributed by atoms with Crippen molar-refractivity contribution in [1.29, 1.82) is 0 Å². The van der Waals surface area contributed by atoms with Gasteiger partial charge in [-0.25, -0.2) is 8.78 Å². The predicted molar refractivity (Wildman–Crippen MR) is 27.3 cm³/mol. The molecule has 0 aliphatic rings. The van der Waals surface area contributed by atoms with Crippen molar-refractivity contribution >= 4 is 0 Å². The lowest BCUT2D eigenvalue weighted by atomic mass is 10.1. The highest BCUT2D eigenvalue weighted by Gasteiger charge is 2.43. The zero-order valence-corrected chi connectivity index (χ0v) is 5.62. The molecule has 0 spiro atoms. The van der Waals surface area contributed by atoms with Crippen LogP contribution in [0.25, 0.3) is 0 Å². The number of hydrogen-bond acceptors (Lipinski definition) is 1. The summed E-state index contributed by atoms with van der Waals surface area (Å²) in [6, 6.07) is 0. The van der Waals surface area contributed by atoms with Crippen molar-refractivity contribution in [1.82, 2.24) is 0 Å². The van der Waals surface area contributed by atoms with Gasteiger partial charge in [0.25, 0.3) is 0 Å². The van der Waals surface area contributed by atoms with E-state index in [9.17, 15) is 22.0 Å². The molecule has 0 saturated heterocycles. The Kier molecular flexibility index (Phi) is 2.82. The molecule has 6 heteroatoms. The lowest BCUT2D eigenvalue weighted by Gasteiger charge is -2.17. The first-order valence-electron chi connectivity index (χ1n) is 2.75. The van der Waals surface area contributed by atoms with E-state index in [4.69, 9.17) is 5.11 Å². The van der Waals surface area contributed by atoms with Crippen molar-refractivity contribution in [3.63, 3.8) is 0 Å². The van der Waals surface area contributed by atoms with Gasteiger partial charge in [-0.05, 0) is 6.92 Å². The average molecular weight is 178 g/mol. The molecular formula is C5H7F5O. The minimum atomic E-state index is -4.96. The van der Waals surface area contributed by atoms with E-state index >= 15 is 0 Å². The summed E-state index contributed by atoms with van der Waals surface area (Å²) in [7, 11) is 0. The molecule has 1 unspecified atom stereocenters. The van der Waals surface area contributed by atoms with Crippen LogP contribution in [0.1, 0.15) is 13.3 Å². The van der Waals surface area contributed by atoms with Crippen LogP contribution in [0.3, 0.4) is 0 Å². The Balaban J connectivity index is 3.99. The molecule has 0 aromatic carbocycles. The van der Waals surface area contributed by atoms with Crippen LogP contribution in [0.15, 0.2) is 0 Å². The van der Waals surface area contributed by atoms with Gasteiger partial charge in [0.15, 0.2) is 6.10 Å². The van der Waals surface area contributed by atoms with Crippen LogP contribution in [-0.2, 0) is 0 Å². The number of hydrogen-bond donors (Lipinski definition) is 1. The van der Waals surface area contributed by atoms with Crippen LogP contribution < -0.4 is 0 Å². The van der Waals surface area contributed by atoms with Crippen LogP contribution in [0, 0.1) is 0 Å². The SMILES string of the molecule is CC(F)(F)CC(O)C(F)(F)F. The zero-order valence-electron chi connectivity index (χ0n) is 5.62. The highest BCUT2D eigenvalue weighted by Crippen LogP contribution is 2.28. The largest absolute Gasteiger partial charge is 0.414 e. The normalized spacial score (nSPS) is 16.6. The average Bonchev–Trinajstić information content (AvgIpc) is 1.56. The Morgan fingerprint density at radius 1 is 1.18 bits per heavy atom. The summed E-state index contributed by atoms with van der Waals surface area (Å²) < 4.78 is 57.9. The molecule has 0 rings (SSSR count). The number of aliphatic hydroxyl groups is 1. The van der Waals surface area contributed by atoms with E-state index in [-0.39, 0.29) is 0 Å². The summed E-state index contributed by atoms with van der Waals surface area (Å²) in [6.45, 7) is 0.321. The highest BCUT2D eigenvalue weighted by atomic mass is 19.4. The van der Waals surface area contributed by atoms with Gasteiger partial charge in [0, 0.05) is 6.42 Å². The second-order valence-corrected chi connectivity index (χ2v) is 2.33. The fraction of sp³-hybridized carbons (Fsp3) is 1.00. The van der Waals surface area contributed by atoms with Gasteiger partial charge in [0.2, 0.25) is 5.92 Å². The minimum Gasteiger partial charge on any atom is -0.383 e. The van der Waals surface area contributed by atoms with Gasteiger partial charge in [-0.2, -0.15) is 13.2 Å². The number of alkyl halides is 5. The molecule has 0 heterocycles. The summed E-state index contributed by atoms with van der Waals surface area (Å²) in [5.74, 6) is -3.49. The van der Waals surface area contributed by atoms with Gasteiger partial charge in [-0.1, -0.05) is 0 Å². The van der Waals surface area contributed by atoms with E-state index < -0.39 is 24.6 Å². The smallest absolute Gasteiger partial charge is 0.383 e. The first-order chi connectivity index (χ1) is 4.63. The summed E-state index contributed by atoms with van der Waals surface area (Å²) in [5.41, 5.74) is 0. The second-order valence-electron chi connectivity index (χ2n) is 2.33. The Labute approximate surface area is 59.8 Å². The molecule has 0 aliphatic carbocycles. The summed E-state index contributed by atoms with van der Waals surface area (Å²) >= 11 is 0. The fourth-order valence-electron chi connectivity index (χ4n) is 0.455. The van der Waals surface area contributed by atoms with Crippen molar-refractivity contribution in [3.05, 3.63) is 0 Å². The van der Waals surface area contributed by atoms with Crippen LogP contribution in [0.2, 0.25) is 0 Å². The molecule has 1 atom stereocenters. The number of rotatable bonds is 2. The van der Waals surface area contributed by atoms with E-state index in [1.165, 1.54) is 0 Å². The Hall–Kier alpha value is -0.390. The summed E-state index contributed by atoms with van der Waals surface area (Å²) in [4.78, 5) is 0. The first-order valence-corrected chi connectivity index (χ1v) is 2.75. The highest BCUT2D eigenvalue weighted by molar-refractivity contribution is 4.71. The number of aliphatic hydroxyl groups excluding tert-OH is 1. The van der Waals surface area contributed by atoms with Gasteiger partial charge >= 0.3 is 6.18 Å². The van der Waals surface area contributed by atoms with E-state index in [0.29, 0.717) is 6.92 Å². The van der Waals surface area contributed by atoms with Crippen molar-refractivity contribution in [2.75, 3.05) is 0 Å². The molecule has 1 nitrogen and oxygen atoms in total. The maximum atomic E-state index is 11.8. The van der Waals surface area contributed by atoms with Crippen LogP contribution >= 0.6 is 0 Å². The minimum absolute atomic E-state index is 0.321. The molecule has 0 radical (unpaired) electrons. The second kappa shape index (κ2) is 2.92. The van der Waals surface area contributed by atoms with E-state index in [0.717, 1.165) is 0 Å². The van der Waals surface area contributed by atoms with Gasteiger partial charge in [0.1, 0.15) is 0 Å². The zero-order chi connectivity index (χ0) is 9.28. The van der Waals surface area contributed by atoms with Crippen LogP contribution in [-0.4, -0.2) is 23.3 Å². The molecule has 0 fully saturated rings. The Morgan fingerprint density at radius 3 is 1.64 bits per heavy atom. The topological polar surface area (TPSA) is 20.2 Å². The van der Waals surface area contributed by atoms with Gasteiger partial charge < -0.3 is 5.11 Å². The first kappa shape index (κ1) is 10.6. The van der Waals surface area contributed by atoms with E-state index in [1.807, 2.05) is 0 Å². The number of halogens is 5. The lowest BCUT2D eigenvalue weighted by Crippen LogP contribution is -2.33. The maximum Gasteiger partial charge on any atom is 0.414 e. The third-order valence-corrected chi connectivity index (χ3v) is 0.930. The van der Waals surface area contributed by atoms with Gasteiger partial charge in [-0.15, -0.1) is 0 Å². The predicted octanol–water partition coefficient (Wildman–Crippen LogP) is 1.95. The van der Waals surface area contributed by atoms with Gasteiger partial charge in [0.05, 0.1) is 0 Å². The molecule has 0 bridgehead atoms. The molecule has 0 aromatic heterocycles. The van der Waals surface area contributed by atoms with Crippen molar-refractivity contribution in [2.45, 2.75) is 31.5 Å². The standard InChI is InChI=1S/C5H7F5O/c1-4(6,7)2-3(11)5(8,9)10/h3,11H,2H2,1H3. The quantitative estimate of drug-likeness (QED) is 0.641. The third kappa shape index (κ3) is 4.94. The molecule has 0 amide bonds. The molecular weight excluding hydrogens is 171 g/mol. The van der Waals surface area contributed by atoms with E-state index in [2.05, 4.69) is 0 Å². The Morgan fingerprint density at radius 2 is 1.55 bits per heavy atom. The van der Waals surface area contributed by atoms with Crippen molar-refractivity contribution in [2.24, 2.45) is 0 Å². The summed E-state index contributed by atoms with van der Waals surface area (Å²) in [5, 5.41) is 8.12. The molecule has 0 saturated carbocycles. The van der Waals surface area contributed by atoms with Crippen molar-refractivity contribution < 1.29 is 27.1 Å². The summed E-state index contributed by atoms with van der Waals surface area (Å²) in [6.07, 6.45) is -9.49. The van der Waals surface area contributed by atoms with Crippen LogP contribution in [0.5, 0.6) is 0 Å². The van der Waals surface area contributed by atoms with Gasteiger partial charge in [-0.3, -0.25) is 0 Å². The maximum absolute atomic E-state index is 11.8. The third-order valence-electron chi connectivity index (χ3n) is 0.930. The lowest BCUT2D eigenvalue weighted by molar-refractivity contribution is -0.220. The van der Waals surface area contributed by atoms with E-state index in [1.54, 1.807) is 0 Å². The molecule has 11 heavy (non-hydrogen) atoms. The molecule has 0 aliphatic heterocycles. The monoisotopic (exact) mass is 178 g/mol. The molecule has 68 valence electrons. The molecule has 1 N–H and O–H groups in total. The molecule has 0 aromatic rings. The fourth-order valence-corrected chi connectivity index (χ4v) is 0.455. The Bertz CT molecular complexity index is 124. The van der Waals surface area contributed by atoms with Crippen molar-refractivity contribution in [3.8, 4) is 0 Å². The van der Waals surface area contributed by atoms with Crippen LogP contribution in [0.4, 0.5) is 22.0 Å².